The van der Waals surface area contributed by atoms with Crippen molar-refractivity contribution in [2.24, 2.45) is 0 Å². The highest BCUT2D eigenvalue weighted by Gasteiger charge is 2.62. The minimum absolute atomic E-state index is 0.384. The van der Waals surface area contributed by atoms with Crippen LogP contribution in [0.5, 0.6) is 0 Å². The molecule has 2 aliphatic carbocycles. The summed E-state index contributed by atoms with van der Waals surface area (Å²) in [6.45, 7) is 10.5. The third-order valence-electron chi connectivity index (χ3n) is 7.79. The van der Waals surface area contributed by atoms with Gasteiger partial charge in [0.2, 0.25) is 0 Å². The Hall–Kier alpha value is -2.17. The monoisotopic (exact) mass is 394 g/mol. The van der Waals surface area contributed by atoms with Gasteiger partial charge in [-0.15, -0.1) is 0 Å². The molecule has 0 amide bonds. The molecule has 0 bridgehead atoms. The van der Waals surface area contributed by atoms with Gasteiger partial charge in [-0.25, -0.2) is 0 Å². The van der Waals surface area contributed by atoms with Gasteiger partial charge in [0, 0.05) is 13.5 Å². The highest BCUT2D eigenvalue weighted by molar-refractivity contribution is 7.56. The van der Waals surface area contributed by atoms with Crippen LogP contribution in [-0.2, 0) is 6.42 Å². The first kappa shape index (κ1) is 16.8. The van der Waals surface area contributed by atoms with Crippen molar-refractivity contribution >= 4 is 20.4 Å². The van der Waals surface area contributed by atoms with Gasteiger partial charge in [-0.3, -0.25) is 0 Å². The Morgan fingerprint density at radius 2 is 1.32 bits per heavy atom. The van der Waals surface area contributed by atoms with Gasteiger partial charge in [0.15, 0.2) is 0 Å². The van der Waals surface area contributed by atoms with Crippen LogP contribution in [0.15, 0.2) is 71.9 Å². The fourth-order valence-electron chi connectivity index (χ4n) is 5.93. The fourth-order valence-corrected chi connectivity index (χ4v) is 17.2. The first-order valence-corrected chi connectivity index (χ1v) is 17.5. The second-order valence-electron chi connectivity index (χ2n) is 9.89. The molecule has 0 nitrogen and oxygen atoms in total. The summed E-state index contributed by atoms with van der Waals surface area (Å²) >= 11 is 0. The lowest BCUT2D eigenvalue weighted by Gasteiger charge is -2.31. The molecule has 0 aromatic heterocycles. The molecule has 3 aromatic rings. The Labute approximate surface area is 169 Å². The van der Waals surface area contributed by atoms with E-state index in [0.29, 0.717) is 5.92 Å². The van der Waals surface area contributed by atoms with E-state index in [9.17, 15) is 0 Å². The summed E-state index contributed by atoms with van der Waals surface area (Å²) < 4.78 is 0. The number of allylic oxidation sites excluding steroid dienone is 1. The molecule has 138 valence electrons. The van der Waals surface area contributed by atoms with Gasteiger partial charge in [0.25, 0.3) is 0 Å². The highest BCUT2D eigenvalue weighted by Crippen LogP contribution is 2.62. The second kappa shape index (κ2) is 5.25. The lowest BCUT2D eigenvalue weighted by molar-refractivity contribution is 1.00. The van der Waals surface area contributed by atoms with Crippen LogP contribution in [0.1, 0.15) is 33.7 Å². The predicted octanol–water partition coefficient (Wildman–Crippen LogP) is 6.74. The average Bonchev–Trinajstić information content (AvgIpc) is 3.02. The van der Waals surface area contributed by atoms with E-state index in [1.54, 1.807) is 16.7 Å². The van der Waals surface area contributed by atoms with Gasteiger partial charge in [-0.1, -0.05) is 103 Å². The van der Waals surface area contributed by atoms with Crippen molar-refractivity contribution < 1.29 is 0 Å². The predicted molar refractivity (Wildman–Crippen MR) is 125 cm³/mol. The molecule has 0 N–H and O–H groups in total. The maximum atomic E-state index is 2.67. The summed E-state index contributed by atoms with van der Waals surface area (Å²) in [5.41, 5.74) is 10.6. The molecule has 6 rings (SSSR count). The second-order valence-corrected chi connectivity index (χ2v) is 25.2. The Morgan fingerprint density at radius 1 is 0.750 bits per heavy atom. The molecule has 0 saturated carbocycles. The molecule has 0 spiro atoms. The number of hydrogen-bond donors (Lipinski definition) is 0. The van der Waals surface area contributed by atoms with Crippen LogP contribution >= 0.6 is 0 Å². The van der Waals surface area contributed by atoms with E-state index in [1.165, 1.54) is 28.7 Å². The summed E-state index contributed by atoms with van der Waals surface area (Å²) in [4.78, 5) is 0. The lowest BCUT2D eigenvalue weighted by Crippen LogP contribution is -2.48. The quantitative estimate of drug-likeness (QED) is 0.330. The van der Waals surface area contributed by atoms with Crippen LogP contribution in [0.2, 0.25) is 26.2 Å². The SMILES string of the molecule is C[Si](C)(C)[Si]1(C)C2=C1c1c(cccc1C1c3ccccc3-c3ccccc31)C2. The molecule has 1 aliphatic heterocycles. The third kappa shape index (κ3) is 1.90. The van der Waals surface area contributed by atoms with Crippen LogP contribution < -0.4 is 0 Å². The van der Waals surface area contributed by atoms with Gasteiger partial charge in [-0.2, -0.15) is 0 Å². The van der Waals surface area contributed by atoms with Gasteiger partial charge in [0.1, 0.15) is 7.59 Å². The molecule has 0 saturated heterocycles. The molecule has 0 radical (unpaired) electrons. The molecule has 3 aromatic carbocycles. The van der Waals surface area contributed by atoms with Gasteiger partial charge in [0.05, 0.1) is 0 Å². The Morgan fingerprint density at radius 3 is 1.93 bits per heavy atom. The van der Waals surface area contributed by atoms with E-state index >= 15 is 0 Å². The fraction of sp³-hybridized carbons (Fsp3) is 0.231. The molecule has 1 atom stereocenters. The molecule has 3 aliphatic rings. The summed E-state index contributed by atoms with van der Waals surface area (Å²) in [5.74, 6) is 0.384. The number of rotatable bonds is 2. The van der Waals surface area contributed by atoms with E-state index < -0.39 is 15.2 Å². The van der Waals surface area contributed by atoms with E-state index in [-0.39, 0.29) is 0 Å². The van der Waals surface area contributed by atoms with E-state index in [0.717, 1.165) is 0 Å². The third-order valence-corrected chi connectivity index (χ3v) is 24.4. The van der Waals surface area contributed by atoms with Crippen molar-refractivity contribution in [1.82, 2.24) is 0 Å². The van der Waals surface area contributed by atoms with Crippen molar-refractivity contribution in [3.63, 3.8) is 0 Å². The smallest absolute Gasteiger partial charge is 0.0738 e. The van der Waals surface area contributed by atoms with Crippen LogP contribution in [0, 0.1) is 0 Å². The molecule has 1 unspecified atom stereocenters. The van der Waals surface area contributed by atoms with Gasteiger partial charge in [-0.05, 0) is 45.4 Å². The molecule has 0 fully saturated rings. The van der Waals surface area contributed by atoms with Gasteiger partial charge >= 0.3 is 0 Å². The summed E-state index contributed by atoms with van der Waals surface area (Å²) in [7, 11) is -2.45. The van der Waals surface area contributed by atoms with Crippen molar-refractivity contribution in [3.8, 4) is 11.1 Å². The lowest BCUT2D eigenvalue weighted by atomic mass is 9.85. The van der Waals surface area contributed by atoms with Crippen LogP contribution in [0.25, 0.3) is 16.3 Å². The molecule has 2 heteroatoms. The topological polar surface area (TPSA) is 0 Å². The highest BCUT2D eigenvalue weighted by atomic mass is 29.3. The standard InChI is InChI=1S/C26H26Si2/c1-27(2,3)28(4)23-16-17-10-9-15-22(24(17)26(23)28)25-20-13-7-5-11-18(20)19-12-6-8-14-21(19)25/h5-15,25H,16H2,1-4H3. The van der Waals surface area contributed by atoms with Crippen molar-refractivity contribution in [2.75, 3.05) is 0 Å². The van der Waals surface area contributed by atoms with Crippen molar-refractivity contribution in [3.05, 3.63) is 99.7 Å². The molecular formula is C26H26Si2. The number of fused-ring (bicyclic) bond motifs is 5. The van der Waals surface area contributed by atoms with Crippen molar-refractivity contribution in [1.29, 1.82) is 0 Å². The average molecular weight is 395 g/mol. The van der Waals surface area contributed by atoms with Crippen LogP contribution in [-0.4, -0.2) is 15.2 Å². The largest absolute Gasteiger partial charge is 0.103 e. The Balaban J connectivity index is 1.59. The van der Waals surface area contributed by atoms with Crippen LogP contribution in [0.3, 0.4) is 0 Å². The van der Waals surface area contributed by atoms with E-state index in [2.05, 4.69) is 92.9 Å². The van der Waals surface area contributed by atoms with E-state index in [1.807, 2.05) is 10.4 Å². The maximum Gasteiger partial charge on any atom is 0.103 e. The summed E-state index contributed by atoms with van der Waals surface area (Å²) in [6, 6.07) is 25.2. The minimum Gasteiger partial charge on any atom is -0.0738 e. The van der Waals surface area contributed by atoms with Crippen molar-refractivity contribution in [2.45, 2.75) is 38.5 Å². The summed E-state index contributed by atoms with van der Waals surface area (Å²) in [5, 5.41) is 3.73. The molecule has 28 heavy (non-hydrogen) atoms. The van der Waals surface area contributed by atoms with Crippen LogP contribution in [0.4, 0.5) is 0 Å². The first-order valence-electron chi connectivity index (χ1n) is 10.5. The Kier molecular flexibility index (Phi) is 3.14. The zero-order valence-electron chi connectivity index (χ0n) is 17.1. The number of hydrogen-bond acceptors (Lipinski definition) is 0. The number of benzene rings is 3. The first-order chi connectivity index (χ1) is 13.4. The van der Waals surface area contributed by atoms with E-state index in [4.69, 9.17) is 0 Å². The summed E-state index contributed by atoms with van der Waals surface area (Å²) in [6.07, 6.45) is 1.24. The maximum absolute atomic E-state index is 2.67. The van der Waals surface area contributed by atoms with Gasteiger partial charge < -0.3 is 0 Å². The zero-order chi connectivity index (χ0) is 19.3. The molecule has 1 heterocycles. The Bertz CT molecular complexity index is 1150. The normalized spacial score (nSPS) is 22.0. The zero-order valence-corrected chi connectivity index (χ0v) is 19.1. The minimum atomic E-state index is -1.30. The molecular weight excluding hydrogens is 368 g/mol.